The van der Waals surface area contributed by atoms with Gasteiger partial charge in [-0.1, -0.05) is 6.92 Å². The van der Waals surface area contributed by atoms with E-state index in [1.54, 1.807) is 0 Å². The van der Waals surface area contributed by atoms with Gasteiger partial charge in [-0.25, -0.2) is 0 Å². The molecule has 0 spiro atoms. The fraction of sp³-hybridized carbons (Fsp3) is 1.00. The summed E-state index contributed by atoms with van der Waals surface area (Å²) in [5, 5.41) is 3.35. The second-order valence-electron chi connectivity index (χ2n) is 3.09. The van der Waals surface area contributed by atoms with Crippen LogP contribution in [-0.4, -0.2) is 44.1 Å². The molecule has 1 N–H and O–H groups in total. The van der Waals surface area contributed by atoms with Gasteiger partial charge in [0.25, 0.3) is 0 Å². The second-order valence-corrected chi connectivity index (χ2v) is 4.49. The summed E-state index contributed by atoms with van der Waals surface area (Å²) in [6.07, 6.45) is 1.13. The summed E-state index contributed by atoms with van der Waals surface area (Å²) in [7, 11) is 0. The Kier molecular flexibility index (Phi) is 12.5. The van der Waals surface area contributed by atoms with Crippen molar-refractivity contribution >= 4 is 11.8 Å². The summed E-state index contributed by atoms with van der Waals surface area (Å²) >= 11 is 1.98. The molecule has 0 aromatic heterocycles. The first kappa shape index (κ1) is 15.2. The largest absolute Gasteiger partial charge is 0.352 e. The number of thioether (sulfide) groups is 1. The molecule has 92 valence electrons. The molecule has 0 heterocycles. The Hall–Kier alpha value is 0.230. The Morgan fingerprint density at radius 1 is 1.13 bits per heavy atom. The minimum Gasteiger partial charge on any atom is -0.352 e. The van der Waals surface area contributed by atoms with E-state index in [-0.39, 0.29) is 6.29 Å². The molecule has 3 nitrogen and oxygen atoms in total. The van der Waals surface area contributed by atoms with Crippen molar-refractivity contribution in [3.8, 4) is 0 Å². The van der Waals surface area contributed by atoms with Gasteiger partial charge in [0.05, 0.1) is 0 Å². The van der Waals surface area contributed by atoms with Crippen molar-refractivity contribution in [3.63, 3.8) is 0 Å². The van der Waals surface area contributed by atoms with Crippen molar-refractivity contribution in [1.29, 1.82) is 0 Å². The predicted octanol–water partition coefficient (Wildman–Crippen LogP) is 2.12. The van der Waals surface area contributed by atoms with Crippen LogP contribution in [0.25, 0.3) is 0 Å². The topological polar surface area (TPSA) is 30.5 Å². The third-order valence-corrected chi connectivity index (χ3v) is 2.85. The van der Waals surface area contributed by atoms with Gasteiger partial charge in [0.1, 0.15) is 0 Å². The summed E-state index contributed by atoms with van der Waals surface area (Å²) in [6.45, 7) is 9.42. The molecule has 4 heteroatoms. The molecule has 0 aliphatic rings. The Balaban J connectivity index is 3.28. The maximum absolute atomic E-state index is 5.42. The van der Waals surface area contributed by atoms with Crippen LogP contribution < -0.4 is 5.32 Å². The lowest BCUT2D eigenvalue weighted by Crippen LogP contribution is -2.32. The van der Waals surface area contributed by atoms with Gasteiger partial charge in [0, 0.05) is 19.8 Å². The lowest BCUT2D eigenvalue weighted by Gasteiger charge is -2.17. The van der Waals surface area contributed by atoms with Crippen LogP contribution in [-0.2, 0) is 9.47 Å². The number of hydrogen-bond donors (Lipinski definition) is 1. The first-order chi connectivity index (χ1) is 7.35. The van der Waals surface area contributed by atoms with Crippen molar-refractivity contribution < 1.29 is 9.47 Å². The lowest BCUT2D eigenvalue weighted by atomic mass is 10.4. The molecule has 15 heavy (non-hydrogen) atoms. The van der Waals surface area contributed by atoms with E-state index in [0.29, 0.717) is 13.2 Å². The molecule has 0 saturated carbocycles. The zero-order chi connectivity index (χ0) is 11.4. The van der Waals surface area contributed by atoms with Crippen LogP contribution in [0.5, 0.6) is 0 Å². The number of hydrogen-bond acceptors (Lipinski definition) is 4. The number of nitrogens with one attached hydrogen (secondary N) is 1. The van der Waals surface area contributed by atoms with E-state index in [4.69, 9.17) is 9.47 Å². The molecule has 0 rings (SSSR count). The van der Waals surface area contributed by atoms with Crippen molar-refractivity contribution in [2.45, 2.75) is 33.5 Å². The molecule has 0 bridgehead atoms. The van der Waals surface area contributed by atoms with Crippen LogP contribution in [0.3, 0.4) is 0 Å². The molecule has 0 fully saturated rings. The fourth-order valence-electron chi connectivity index (χ4n) is 1.20. The highest BCUT2D eigenvalue weighted by molar-refractivity contribution is 7.99. The first-order valence-electron chi connectivity index (χ1n) is 5.86. The zero-order valence-electron chi connectivity index (χ0n) is 10.3. The van der Waals surface area contributed by atoms with Gasteiger partial charge < -0.3 is 14.8 Å². The van der Waals surface area contributed by atoms with Crippen LogP contribution >= 0.6 is 11.8 Å². The number of rotatable bonds is 11. The molecule has 0 radical (unpaired) electrons. The maximum atomic E-state index is 5.42. The second kappa shape index (κ2) is 12.3. The minimum atomic E-state index is -0.0844. The summed E-state index contributed by atoms with van der Waals surface area (Å²) in [6, 6.07) is 0. The van der Waals surface area contributed by atoms with Crippen molar-refractivity contribution in [1.82, 2.24) is 5.32 Å². The molecule has 0 aliphatic heterocycles. The van der Waals surface area contributed by atoms with Gasteiger partial charge in [0.15, 0.2) is 6.29 Å². The summed E-state index contributed by atoms with van der Waals surface area (Å²) in [5.41, 5.74) is 0. The van der Waals surface area contributed by atoms with Crippen LogP contribution in [0.2, 0.25) is 0 Å². The molecule has 0 saturated heterocycles. The average molecular weight is 235 g/mol. The first-order valence-corrected chi connectivity index (χ1v) is 7.02. The number of ether oxygens (including phenoxy) is 2. The summed E-state index contributed by atoms with van der Waals surface area (Å²) in [4.78, 5) is 0. The van der Waals surface area contributed by atoms with E-state index >= 15 is 0 Å². The molecule has 0 aromatic carbocycles. The van der Waals surface area contributed by atoms with Crippen LogP contribution in [0.4, 0.5) is 0 Å². The van der Waals surface area contributed by atoms with Crippen molar-refractivity contribution in [3.05, 3.63) is 0 Å². The predicted molar refractivity (Wildman–Crippen MR) is 67.5 cm³/mol. The zero-order valence-corrected chi connectivity index (χ0v) is 11.1. The Labute approximate surface area is 98.3 Å². The average Bonchev–Trinajstić information content (AvgIpc) is 2.24. The lowest BCUT2D eigenvalue weighted by molar-refractivity contribution is -0.132. The van der Waals surface area contributed by atoms with E-state index in [1.807, 2.05) is 25.6 Å². The highest BCUT2D eigenvalue weighted by atomic mass is 32.2. The van der Waals surface area contributed by atoms with Crippen LogP contribution in [0, 0.1) is 0 Å². The Bertz CT molecular complexity index is 119. The van der Waals surface area contributed by atoms with E-state index < -0.39 is 0 Å². The van der Waals surface area contributed by atoms with Gasteiger partial charge in [-0.05, 0) is 38.3 Å². The summed E-state index contributed by atoms with van der Waals surface area (Å²) < 4.78 is 10.8. The maximum Gasteiger partial charge on any atom is 0.169 e. The molecular formula is C11H25NO2S. The van der Waals surface area contributed by atoms with Gasteiger partial charge in [-0.3, -0.25) is 0 Å². The molecular weight excluding hydrogens is 210 g/mol. The van der Waals surface area contributed by atoms with Crippen molar-refractivity contribution in [2.24, 2.45) is 0 Å². The normalized spacial score (nSPS) is 11.2. The van der Waals surface area contributed by atoms with Crippen LogP contribution in [0.15, 0.2) is 0 Å². The minimum absolute atomic E-state index is 0.0844. The standard InChI is InChI=1S/C11H25NO2S/c1-4-13-11(14-5-2)10-12-8-7-9-15-6-3/h11-12H,4-10H2,1-3H3. The van der Waals surface area contributed by atoms with Gasteiger partial charge >= 0.3 is 0 Å². The summed E-state index contributed by atoms with van der Waals surface area (Å²) in [5.74, 6) is 2.44. The Morgan fingerprint density at radius 2 is 1.80 bits per heavy atom. The molecule has 0 amide bonds. The highest BCUT2D eigenvalue weighted by Gasteiger charge is 2.05. The van der Waals surface area contributed by atoms with E-state index in [0.717, 1.165) is 13.1 Å². The van der Waals surface area contributed by atoms with E-state index in [2.05, 4.69) is 12.2 Å². The van der Waals surface area contributed by atoms with Gasteiger partial charge in [-0.15, -0.1) is 0 Å². The van der Waals surface area contributed by atoms with Crippen molar-refractivity contribution in [2.75, 3.05) is 37.8 Å². The smallest absolute Gasteiger partial charge is 0.169 e. The monoisotopic (exact) mass is 235 g/mol. The molecule has 0 aromatic rings. The fourth-order valence-corrected chi connectivity index (χ4v) is 1.84. The quantitative estimate of drug-likeness (QED) is 0.439. The van der Waals surface area contributed by atoms with E-state index in [1.165, 1.54) is 17.9 Å². The van der Waals surface area contributed by atoms with Gasteiger partial charge in [0.2, 0.25) is 0 Å². The third kappa shape index (κ3) is 10.5. The van der Waals surface area contributed by atoms with E-state index in [9.17, 15) is 0 Å². The van der Waals surface area contributed by atoms with Gasteiger partial charge in [-0.2, -0.15) is 11.8 Å². The third-order valence-electron chi connectivity index (χ3n) is 1.86. The molecule has 0 aliphatic carbocycles. The van der Waals surface area contributed by atoms with Crippen LogP contribution in [0.1, 0.15) is 27.2 Å². The SMILES string of the molecule is CCOC(CNCCCSCC)OCC. The highest BCUT2D eigenvalue weighted by Crippen LogP contribution is 1.99. The molecule has 0 atom stereocenters. The molecule has 0 unspecified atom stereocenters. The Morgan fingerprint density at radius 3 is 2.33 bits per heavy atom.